The summed E-state index contributed by atoms with van der Waals surface area (Å²) < 4.78 is 5.78. The lowest BCUT2D eigenvalue weighted by atomic mass is 9.54. The van der Waals surface area contributed by atoms with Gasteiger partial charge in [0.2, 0.25) is 5.91 Å². The molecule has 3 fully saturated rings. The highest BCUT2D eigenvalue weighted by Crippen LogP contribution is 2.50. The normalized spacial score (nSPS) is 34.2. The molecule has 0 spiro atoms. The predicted octanol–water partition coefficient (Wildman–Crippen LogP) is 2.84. The minimum absolute atomic E-state index is 0. The van der Waals surface area contributed by atoms with E-state index in [0.29, 0.717) is 19.1 Å². The van der Waals surface area contributed by atoms with E-state index in [1.807, 2.05) is 11.8 Å². The van der Waals surface area contributed by atoms with Gasteiger partial charge >= 0.3 is 0 Å². The van der Waals surface area contributed by atoms with Crippen LogP contribution in [0, 0.1) is 5.41 Å². The fraction of sp³-hybridized carbons (Fsp3) is 0.947. The number of nitrogens with zero attached hydrogens (tertiary/aromatic N) is 2. The third kappa shape index (κ3) is 4.17. The van der Waals surface area contributed by atoms with Crippen LogP contribution in [-0.2, 0) is 9.53 Å². The maximum absolute atomic E-state index is 13.2. The zero-order valence-corrected chi connectivity index (χ0v) is 18.2. The van der Waals surface area contributed by atoms with Gasteiger partial charge < -0.3 is 20.3 Å². The molecular formula is C19H37Cl2N3O2. The molecule has 5 nitrogen and oxygen atoms in total. The first-order chi connectivity index (χ1) is 11.4. The molecule has 1 aliphatic carbocycles. The zero-order valence-electron chi connectivity index (χ0n) is 16.5. The molecule has 26 heavy (non-hydrogen) atoms. The molecular weight excluding hydrogens is 373 g/mol. The van der Waals surface area contributed by atoms with Gasteiger partial charge in [0.05, 0.1) is 6.10 Å². The molecule has 154 valence electrons. The maximum atomic E-state index is 13.2. The highest BCUT2D eigenvalue weighted by Gasteiger charge is 2.63. The average molecular weight is 410 g/mol. The van der Waals surface area contributed by atoms with Crippen LogP contribution in [0.1, 0.15) is 59.3 Å². The van der Waals surface area contributed by atoms with Gasteiger partial charge in [0.25, 0.3) is 0 Å². The Morgan fingerprint density at radius 3 is 2.31 bits per heavy atom. The predicted molar refractivity (Wildman–Crippen MR) is 110 cm³/mol. The molecule has 1 saturated carbocycles. The molecule has 1 amide bonds. The Bertz CT molecular complexity index is 472. The number of rotatable bonds is 4. The maximum Gasteiger partial charge on any atom is 0.243 e. The highest BCUT2D eigenvalue weighted by atomic mass is 35.5. The van der Waals surface area contributed by atoms with Gasteiger partial charge in [-0.05, 0) is 52.1 Å². The van der Waals surface area contributed by atoms with Gasteiger partial charge in [-0.15, -0.1) is 24.8 Å². The van der Waals surface area contributed by atoms with E-state index in [9.17, 15) is 4.79 Å². The van der Waals surface area contributed by atoms with Crippen molar-refractivity contribution < 1.29 is 9.53 Å². The number of halogens is 2. The van der Waals surface area contributed by atoms with Gasteiger partial charge in [-0.2, -0.15) is 0 Å². The fourth-order valence-corrected chi connectivity index (χ4v) is 4.83. The summed E-state index contributed by atoms with van der Waals surface area (Å²) in [5.74, 6) is 0.144. The van der Waals surface area contributed by atoms with Crippen molar-refractivity contribution in [1.29, 1.82) is 0 Å². The van der Waals surface area contributed by atoms with Crippen LogP contribution in [0.2, 0.25) is 0 Å². The number of amides is 1. The van der Waals surface area contributed by atoms with Crippen LogP contribution in [0.25, 0.3) is 0 Å². The quantitative estimate of drug-likeness (QED) is 0.775. The van der Waals surface area contributed by atoms with Crippen molar-refractivity contribution >= 4 is 30.7 Å². The van der Waals surface area contributed by atoms with Crippen molar-refractivity contribution in [1.82, 2.24) is 9.80 Å². The van der Waals surface area contributed by atoms with Crippen LogP contribution in [0.5, 0.6) is 0 Å². The van der Waals surface area contributed by atoms with E-state index in [2.05, 4.69) is 18.7 Å². The third-order valence-electron chi connectivity index (χ3n) is 6.85. The molecule has 0 bridgehead atoms. The number of carbonyl (C=O) groups excluding carboxylic acids is 1. The van der Waals surface area contributed by atoms with Gasteiger partial charge in [0.1, 0.15) is 5.54 Å². The van der Waals surface area contributed by atoms with E-state index < -0.39 is 5.54 Å². The van der Waals surface area contributed by atoms with Crippen molar-refractivity contribution in [3.8, 4) is 0 Å². The summed E-state index contributed by atoms with van der Waals surface area (Å²) in [6.07, 6.45) is 6.82. The van der Waals surface area contributed by atoms with Crippen molar-refractivity contribution in [2.75, 3.05) is 32.8 Å². The van der Waals surface area contributed by atoms with Gasteiger partial charge in [-0.3, -0.25) is 4.79 Å². The fourth-order valence-electron chi connectivity index (χ4n) is 4.83. The number of nitrogens with two attached hydrogens (primary N) is 1. The molecule has 2 saturated heterocycles. The minimum Gasteiger partial charge on any atom is -0.378 e. The Kier molecular flexibility index (Phi) is 8.68. The van der Waals surface area contributed by atoms with E-state index in [1.165, 1.54) is 32.4 Å². The molecule has 7 heteroatoms. The minimum atomic E-state index is -0.764. The summed E-state index contributed by atoms with van der Waals surface area (Å²) in [6.45, 7) is 11.0. The molecule has 3 unspecified atom stereocenters. The molecule has 2 N–H and O–H groups in total. The molecule has 3 atom stereocenters. The Balaban J connectivity index is 0.00000169. The Morgan fingerprint density at radius 2 is 1.73 bits per heavy atom. The molecule has 2 heterocycles. The van der Waals surface area contributed by atoms with Gasteiger partial charge in [-0.1, -0.05) is 13.8 Å². The third-order valence-corrected chi connectivity index (χ3v) is 6.85. The van der Waals surface area contributed by atoms with Crippen LogP contribution in [-0.4, -0.2) is 66.2 Å². The number of carbonyl (C=O) groups is 1. The second kappa shape index (κ2) is 9.42. The van der Waals surface area contributed by atoms with E-state index in [4.69, 9.17) is 10.5 Å². The monoisotopic (exact) mass is 409 g/mol. The summed E-state index contributed by atoms with van der Waals surface area (Å²) in [5.41, 5.74) is 5.55. The molecule has 0 radical (unpaired) electrons. The molecule has 0 aromatic carbocycles. The lowest BCUT2D eigenvalue weighted by molar-refractivity contribution is -0.179. The first kappa shape index (κ1) is 24.0. The van der Waals surface area contributed by atoms with Crippen LogP contribution in [0.3, 0.4) is 0 Å². The standard InChI is InChI=1S/C19H35N3O2.2ClH/c1-4-24-16-14-19(20,18(16,2)3)17(23)22-12-7-8-15(9-13-22)21-10-5-6-11-21;;/h15-16H,4-14,20H2,1-3H3;2*1H. The number of likely N-dealkylation sites (tertiary alicyclic amines) is 2. The van der Waals surface area contributed by atoms with Crippen molar-refractivity contribution in [2.45, 2.75) is 77.0 Å². The topological polar surface area (TPSA) is 58.8 Å². The highest BCUT2D eigenvalue weighted by molar-refractivity contribution is 5.89. The van der Waals surface area contributed by atoms with E-state index in [1.54, 1.807) is 0 Å². The van der Waals surface area contributed by atoms with Crippen LogP contribution < -0.4 is 5.73 Å². The van der Waals surface area contributed by atoms with E-state index in [0.717, 1.165) is 25.9 Å². The lowest BCUT2D eigenvalue weighted by Gasteiger charge is -2.58. The zero-order chi connectivity index (χ0) is 17.4. The van der Waals surface area contributed by atoms with Crippen LogP contribution >= 0.6 is 24.8 Å². The first-order valence-corrected chi connectivity index (χ1v) is 9.84. The lowest BCUT2D eigenvalue weighted by Crippen LogP contribution is -2.76. The summed E-state index contributed by atoms with van der Waals surface area (Å²) >= 11 is 0. The Labute approximate surface area is 171 Å². The summed E-state index contributed by atoms with van der Waals surface area (Å²) in [4.78, 5) is 17.9. The first-order valence-electron chi connectivity index (χ1n) is 9.84. The van der Waals surface area contributed by atoms with Crippen molar-refractivity contribution in [3.63, 3.8) is 0 Å². The Morgan fingerprint density at radius 1 is 1.08 bits per heavy atom. The number of ether oxygens (including phenoxy) is 1. The molecule has 3 aliphatic rings. The molecule has 0 aromatic heterocycles. The van der Waals surface area contributed by atoms with E-state index in [-0.39, 0.29) is 42.2 Å². The SMILES string of the molecule is CCOC1CC(N)(C(=O)N2CCCC(N3CCCC3)CC2)C1(C)C.Cl.Cl. The number of hydrogen-bond donors (Lipinski definition) is 1. The van der Waals surface area contributed by atoms with Gasteiger partial charge in [0, 0.05) is 37.6 Å². The summed E-state index contributed by atoms with van der Waals surface area (Å²) in [7, 11) is 0. The van der Waals surface area contributed by atoms with Crippen molar-refractivity contribution in [3.05, 3.63) is 0 Å². The molecule has 0 aromatic rings. The molecule has 2 aliphatic heterocycles. The second-order valence-electron chi connectivity index (χ2n) is 8.46. The average Bonchev–Trinajstić information content (AvgIpc) is 2.98. The van der Waals surface area contributed by atoms with Crippen molar-refractivity contribution in [2.24, 2.45) is 11.1 Å². The Hall–Kier alpha value is -0.0700. The van der Waals surface area contributed by atoms with Gasteiger partial charge in [-0.25, -0.2) is 0 Å². The van der Waals surface area contributed by atoms with Crippen LogP contribution in [0.15, 0.2) is 0 Å². The second-order valence-corrected chi connectivity index (χ2v) is 8.46. The van der Waals surface area contributed by atoms with Gasteiger partial charge in [0.15, 0.2) is 0 Å². The largest absolute Gasteiger partial charge is 0.378 e. The van der Waals surface area contributed by atoms with Crippen LogP contribution in [0.4, 0.5) is 0 Å². The summed E-state index contributed by atoms with van der Waals surface area (Å²) in [6, 6.07) is 0.657. The smallest absolute Gasteiger partial charge is 0.243 e. The van der Waals surface area contributed by atoms with E-state index >= 15 is 0 Å². The summed E-state index contributed by atoms with van der Waals surface area (Å²) in [5, 5.41) is 0. The molecule has 3 rings (SSSR count). The number of hydrogen-bond acceptors (Lipinski definition) is 4.